The fourth-order valence-corrected chi connectivity index (χ4v) is 3.01. The molecule has 0 unspecified atom stereocenters. The van der Waals surface area contributed by atoms with Crippen LogP contribution in [-0.4, -0.2) is 110 Å². The maximum atomic E-state index is 9.99. The van der Waals surface area contributed by atoms with Crippen molar-refractivity contribution in [2.45, 2.75) is 55.3 Å². The largest absolute Gasteiger partial charge is 0.394 e. The van der Waals surface area contributed by atoms with Gasteiger partial charge in [-0.3, -0.25) is 0 Å². The van der Waals surface area contributed by atoms with E-state index in [1.54, 1.807) is 0 Å². The summed E-state index contributed by atoms with van der Waals surface area (Å²) in [5.74, 6) is 0. The standard InChI is InChI=1S/C14H26O10/c1-19-5-7(10-11(20-2)12(21-3)13(18)24-10)23-14-9(17)8(16)6(4-15)22-14/h6-18H,4-5H2,1-3H3/t6-,7-,8-,9+,10-,11+,12-,13-,14-/m1/s1. The molecule has 0 aliphatic carbocycles. The van der Waals surface area contributed by atoms with Crippen molar-refractivity contribution in [1.82, 2.24) is 0 Å². The van der Waals surface area contributed by atoms with Crippen LogP contribution in [0, 0.1) is 0 Å². The van der Waals surface area contributed by atoms with Crippen LogP contribution in [0.4, 0.5) is 0 Å². The summed E-state index contributed by atoms with van der Waals surface area (Å²) < 4.78 is 32.1. The summed E-state index contributed by atoms with van der Waals surface area (Å²) in [6, 6.07) is 0. The lowest BCUT2D eigenvalue weighted by atomic mass is 10.1. The zero-order valence-electron chi connectivity index (χ0n) is 13.8. The van der Waals surface area contributed by atoms with Gasteiger partial charge in [0.2, 0.25) is 0 Å². The fourth-order valence-electron chi connectivity index (χ4n) is 3.01. The SMILES string of the molecule is COC[C@@H](O[C@H]1O[C@H](CO)[C@@H](O)[C@@H]1O)[C@H]1O[C@@H](O)[C@H](OC)[C@H]1OC. The number of hydrogen-bond donors (Lipinski definition) is 4. The molecule has 0 radical (unpaired) electrons. The summed E-state index contributed by atoms with van der Waals surface area (Å²) in [5, 5.41) is 38.9. The molecule has 0 aromatic rings. The second-order valence-electron chi connectivity index (χ2n) is 5.73. The Morgan fingerprint density at radius 3 is 2.12 bits per heavy atom. The van der Waals surface area contributed by atoms with Crippen LogP contribution in [0.1, 0.15) is 0 Å². The molecule has 2 heterocycles. The first-order chi connectivity index (χ1) is 11.5. The molecule has 0 bridgehead atoms. The van der Waals surface area contributed by atoms with Gasteiger partial charge in [-0.25, -0.2) is 0 Å². The van der Waals surface area contributed by atoms with Crippen molar-refractivity contribution in [2.75, 3.05) is 34.5 Å². The Balaban J connectivity index is 2.09. The lowest BCUT2D eigenvalue weighted by Gasteiger charge is -2.30. The van der Waals surface area contributed by atoms with Crippen LogP contribution in [0.3, 0.4) is 0 Å². The molecule has 2 aliphatic rings. The second-order valence-corrected chi connectivity index (χ2v) is 5.73. The molecule has 0 aromatic heterocycles. The average molecular weight is 354 g/mol. The number of aliphatic hydroxyl groups is 4. The summed E-state index contributed by atoms with van der Waals surface area (Å²) in [5.41, 5.74) is 0. The van der Waals surface area contributed by atoms with E-state index >= 15 is 0 Å². The van der Waals surface area contributed by atoms with E-state index < -0.39 is 61.9 Å². The molecule has 2 fully saturated rings. The maximum Gasteiger partial charge on any atom is 0.187 e. The average Bonchev–Trinajstić information content (AvgIpc) is 3.04. The van der Waals surface area contributed by atoms with Crippen molar-refractivity contribution >= 4 is 0 Å². The molecule has 4 N–H and O–H groups in total. The second kappa shape index (κ2) is 8.81. The van der Waals surface area contributed by atoms with Crippen molar-refractivity contribution in [3.05, 3.63) is 0 Å². The van der Waals surface area contributed by atoms with Crippen LogP contribution < -0.4 is 0 Å². The highest BCUT2D eigenvalue weighted by molar-refractivity contribution is 4.94. The van der Waals surface area contributed by atoms with Gasteiger partial charge in [0.05, 0.1) is 13.2 Å². The van der Waals surface area contributed by atoms with Crippen LogP contribution in [0.25, 0.3) is 0 Å². The quantitative estimate of drug-likeness (QED) is 0.362. The number of ether oxygens (including phenoxy) is 6. The molecule has 142 valence electrons. The number of hydrogen-bond acceptors (Lipinski definition) is 10. The van der Waals surface area contributed by atoms with E-state index in [2.05, 4.69) is 0 Å². The summed E-state index contributed by atoms with van der Waals surface area (Å²) in [6.45, 7) is -0.404. The van der Waals surface area contributed by atoms with E-state index in [9.17, 15) is 15.3 Å². The molecule has 2 aliphatic heterocycles. The van der Waals surface area contributed by atoms with Gasteiger partial charge >= 0.3 is 0 Å². The molecule has 24 heavy (non-hydrogen) atoms. The summed E-state index contributed by atoms with van der Waals surface area (Å²) in [4.78, 5) is 0. The zero-order chi connectivity index (χ0) is 17.9. The monoisotopic (exact) mass is 354 g/mol. The van der Waals surface area contributed by atoms with Crippen molar-refractivity contribution in [1.29, 1.82) is 0 Å². The van der Waals surface area contributed by atoms with Gasteiger partial charge < -0.3 is 48.8 Å². The molecule has 2 saturated heterocycles. The molecular formula is C14H26O10. The zero-order valence-corrected chi connectivity index (χ0v) is 13.8. The fraction of sp³-hybridized carbons (Fsp3) is 1.00. The molecule has 10 heteroatoms. The van der Waals surface area contributed by atoms with E-state index in [1.807, 2.05) is 0 Å². The van der Waals surface area contributed by atoms with E-state index in [1.165, 1.54) is 21.3 Å². The van der Waals surface area contributed by atoms with Gasteiger partial charge in [-0.2, -0.15) is 0 Å². The Morgan fingerprint density at radius 1 is 0.958 bits per heavy atom. The van der Waals surface area contributed by atoms with E-state index in [0.717, 1.165) is 0 Å². The topological polar surface area (TPSA) is 136 Å². The van der Waals surface area contributed by atoms with Crippen molar-refractivity contribution in [2.24, 2.45) is 0 Å². The molecule has 10 nitrogen and oxygen atoms in total. The summed E-state index contributed by atoms with van der Waals surface area (Å²) >= 11 is 0. The minimum absolute atomic E-state index is 0.0557. The van der Waals surface area contributed by atoms with Crippen molar-refractivity contribution in [3.8, 4) is 0 Å². The van der Waals surface area contributed by atoms with Gasteiger partial charge in [-0.05, 0) is 0 Å². The highest BCUT2D eigenvalue weighted by Crippen LogP contribution is 2.31. The third kappa shape index (κ3) is 3.88. The first-order valence-corrected chi connectivity index (χ1v) is 7.64. The third-order valence-corrected chi connectivity index (χ3v) is 4.27. The van der Waals surface area contributed by atoms with E-state index in [0.29, 0.717) is 0 Å². The third-order valence-electron chi connectivity index (χ3n) is 4.27. The minimum atomic E-state index is -1.34. The normalized spacial score (nSPS) is 44.1. The van der Waals surface area contributed by atoms with Crippen LogP contribution >= 0.6 is 0 Å². The minimum Gasteiger partial charge on any atom is -0.394 e. The van der Waals surface area contributed by atoms with E-state index in [4.69, 9.17) is 33.5 Å². The van der Waals surface area contributed by atoms with Crippen LogP contribution in [0.2, 0.25) is 0 Å². The lowest BCUT2D eigenvalue weighted by Crippen LogP contribution is -2.47. The molecule has 0 spiro atoms. The molecule has 0 saturated carbocycles. The highest BCUT2D eigenvalue weighted by Gasteiger charge is 2.51. The highest BCUT2D eigenvalue weighted by atomic mass is 16.7. The van der Waals surface area contributed by atoms with Crippen molar-refractivity contribution in [3.63, 3.8) is 0 Å². The Morgan fingerprint density at radius 2 is 1.62 bits per heavy atom. The predicted octanol–water partition coefficient (Wildman–Crippen LogP) is -2.80. The molecule has 0 amide bonds. The molecule has 0 aromatic carbocycles. The lowest BCUT2D eigenvalue weighted by molar-refractivity contribution is -0.237. The van der Waals surface area contributed by atoms with Crippen LogP contribution in [-0.2, 0) is 28.4 Å². The Hall–Kier alpha value is -0.400. The van der Waals surface area contributed by atoms with Gasteiger partial charge in [0.1, 0.15) is 42.7 Å². The smallest absolute Gasteiger partial charge is 0.187 e. The van der Waals surface area contributed by atoms with Gasteiger partial charge in [-0.1, -0.05) is 0 Å². The van der Waals surface area contributed by atoms with E-state index in [-0.39, 0.29) is 6.61 Å². The van der Waals surface area contributed by atoms with Crippen LogP contribution in [0.15, 0.2) is 0 Å². The first kappa shape index (κ1) is 19.9. The molecular weight excluding hydrogens is 328 g/mol. The van der Waals surface area contributed by atoms with Gasteiger partial charge in [0, 0.05) is 21.3 Å². The number of rotatable bonds is 8. The van der Waals surface area contributed by atoms with Gasteiger partial charge in [0.15, 0.2) is 12.6 Å². The summed E-state index contributed by atoms with van der Waals surface area (Å²) in [7, 11) is 4.32. The van der Waals surface area contributed by atoms with Gasteiger partial charge in [0.25, 0.3) is 0 Å². The van der Waals surface area contributed by atoms with Gasteiger partial charge in [-0.15, -0.1) is 0 Å². The summed E-state index contributed by atoms with van der Waals surface area (Å²) in [6.07, 6.45) is -8.84. The molecule has 2 rings (SSSR count). The first-order valence-electron chi connectivity index (χ1n) is 7.64. The molecule has 9 atom stereocenters. The number of methoxy groups -OCH3 is 3. The number of aliphatic hydroxyl groups excluding tert-OH is 4. The predicted molar refractivity (Wildman–Crippen MR) is 77.0 cm³/mol. The van der Waals surface area contributed by atoms with Crippen molar-refractivity contribution < 1.29 is 48.8 Å². The maximum absolute atomic E-state index is 9.99. The Kier molecular flexibility index (Phi) is 7.31. The Labute approximate surface area is 139 Å². The Bertz CT molecular complexity index is 383. The van der Waals surface area contributed by atoms with Crippen LogP contribution in [0.5, 0.6) is 0 Å².